The molecule has 0 radical (unpaired) electrons. The summed E-state index contributed by atoms with van der Waals surface area (Å²) in [5, 5.41) is 12.1. The molecule has 19 heavy (non-hydrogen) atoms. The average Bonchev–Trinajstić information content (AvgIpc) is 2.94. The Kier molecular flexibility index (Phi) is 4.55. The van der Waals surface area contributed by atoms with Gasteiger partial charge in [0, 0.05) is 30.8 Å². The summed E-state index contributed by atoms with van der Waals surface area (Å²) < 4.78 is 5.39. The van der Waals surface area contributed by atoms with Crippen LogP contribution in [0, 0.1) is 0 Å². The molecule has 0 bridgehead atoms. The van der Waals surface area contributed by atoms with Gasteiger partial charge in [0.25, 0.3) is 0 Å². The molecule has 0 aromatic heterocycles. The van der Waals surface area contributed by atoms with Gasteiger partial charge >= 0.3 is 0 Å². The molecule has 1 unspecified atom stereocenters. The zero-order valence-electron chi connectivity index (χ0n) is 11.2. The summed E-state index contributed by atoms with van der Waals surface area (Å²) >= 11 is 1.59. The highest BCUT2D eigenvalue weighted by atomic mass is 32.2. The molecular weight excluding hydrogens is 262 g/mol. The normalized spacial score (nSPS) is 20.0. The molecule has 3 N–H and O–H groups in total. The van der Waals surface area contributed by atoms with Crippen molar-refractivity contribution in [2.75, 3.05) is 31.4 Å². The van der Waals surface area contributed by atoms with E-state index in [1.54, 1.807) is 18.9 Å². The molecule has 0 amide bonds. The number of anilines is 1. The molecule has 0 saturated carbocycles. The van der Waals surface area contributed by atoms with Gasteiger partial charge in [0.2, 0.25) is 0 Å². The number of benzene rings is 1. The number of amidine groups is 1. The van der Waals surface area contributed by atoms with Crippen LogP contribution < -0.4 is 10.6 Å². The number of oxime groups is 1. The van der Waals surface area contributed by atoms with Crippen LogP contribution >= 0.6 is 11.8 Å². The standard InChI is InChI=1S/C13H19N3O2S/c1-18-9-6-7-16(8-9)10-4-3-5-11(19-2)12(10)13(14)15-17/h3-5,9,17H,6-8H2,1-2H3,(H2,14,15). The van der Waals surface area contributed by atoms with Gasteiger partial charge in [-0.25, -0.2) is 0 Å². The minimum atomic E-state index is 0.154. The Morgan fingerprint density at radius 1 is 1.58 bits per heavy atom. The van der Waals surface area contributed by atoms with Crippen molar-refractivity contribution in [1.29, 1.82) is 0 Å². The summed E-state index contributed by atoms with van der Waals surface area (Å²) in [5.74, 6) is 0.154. The van der Waals surface area contributed by atoms with E-state index in [9.17, 15) is 0 Å². The number of hydrogen-bond acceptors (Lipinski definition) is 5. The number of hydrogen-bond donors (Lipinski definition) is 2. The second-order valence-corrected chi connectivity index (χ2v) is 5.28. The summed E-state index contributed by atoms with van der Waals surface area (Å²) in [7, 11) is 1.73. The Bertz CT molecular complexity index is 479. The third-order valence-corrected chi connectivity index (χ3v) is 4.19. The highest BCUT2D eigenvalue weighted by molar-refractivity contribution is 7.98. The fourth-order valence-corrected chi connectivity index (χ4v) is 3.03. The van der Waals surface area contributed by atoms with E-state index in [2.05, 4.69) is 10.1 Å². The number of ether oxygens (including phenoxy) is 1. The van der Waals surface area contributed by atoms with Crippen LogP contribution in [-0.2, 0) is 4.74 Å². The van der Waals surface area contributed by atoms with Crippen molar-refractivity contribution in [3.05, 3.63) is 23.8 Å². The molecule has 1 aliphatic heterocycles. The Hall–Kier alpha value is -1.40. The average molecular weight is 281 g/mol. The van der Waals surface area contributed by atoms with Crippen molar-refractivity contribution in [2.24, 2.45) is 10.9 Å². The van der Waals surface area contributed by atoms with Crippen LogP contribution in [0.2, 0.25) is 0 Å². The van der Waals surface area contributed by atoms with Crippen LogP contribution in [0.3, 0.4) is 0 Å². The molecule has 1 aliphatic rings. The third-order valence-electron chi connectivity index (χ3n) is 3.41. The number of thioether (sulfide) groups is 1. The smallest absolute Gasteiger partial charge is 0.173 e. The molecule has 0 spiro atoms. The van der Waals surface area contributed by atoms with Crippen molar-refractivity contribution in [3.63, 3.8) is 0 Å². The Balaban J connectivity index is 2.40. The largest absolute Gasteiger partial charge is 0.409 e. The predicted molar refractivity (Wildman–Crippen MR) is 78.4 cm³/mol. The zero-order valence-corrected chi connectivity index (χ0v) is 12.0. The summed E-state index contributed by atoms with van der Waals surface area (Å²) in [5.41, 5.74) is 7.64. The van der Waals surface area contributed by atoms with E-state index in [0.29, 0.717) is 0 Å². The van der Waals surface area contributed by atoms with Crippen LogP contribution in [0.5, 0.6) is 0 Å². The van der Waals surface area contributed by atoms with Crippen LogP contribution in [0.15, 0.2) is 28.3 Å². The van der Waals surface area contributed by atoms with Crippen LogP contribution in [-0.4, -0.2) is 43.6 Å². The maximum Gasteiger partial charge on any atom is 0.173 e. The van der Waals surface area contributed by atoms with E-state index in [1.807, 2.05) is 24.5 Å². The van der Waals surface area contributed by atoms with Crippen molar-refractivity contribution < 1.29 is 9.94 Å². The van der Waals surface area contributed by atoms with E-state index in [1.165, 1.54) is 0 Å². The lowest BCUT2D eigenvalue weighted by molar-refractivity contribution is 0.121. The van der Waals surface area contributed by atoms with Gasteiger partial charge in [-0.1, -0.05) is 11.2 Å². The van der Waals surface area contributed by atoms with Crippen molar-refractivity contribution in [3.8, 4) is 0 Å². The van der Waals surface area contributed by atoms with Gasteiger partial charge in [0.1, 0.15) is 0 Å². The molecule has 0 aliphatic carbocycles. The molecular formula is C13H19N3O2S. The Labute approximate surface area is 117 Å². The summed E-state index contributed by atoms with van der Waals surface area (Å²) in [6, 6.07) is 5.98. The topological polar surface area (TPSA) is 71.1 Å². The lowest BCUT2D eigenvalue weighted by Crippen LogP contribution is -2.26. The predicted octanol–water partition coefficient (Wildman–Crippen LogP) is 1.73. The second kappa shape index (κ2) is 6.16. The number of methoxy groups -OCH3 is 1. The molecule has 1 atom stereocenters. The monoisotopic (exact) mass is 281 g/mol. The maximum absolute atomic E-state index is 8.98. The summed E-state index contributed by atoms with van der Waals surface area (Å²) in [4.78, 5) is 3.23. The van der Waals surface area contributed by atoms with Gasteiger partial charge in [-0.2, -0.15) is 0 Å². The molecule has 104 valence electrons. The van der Waals surface area contributed by atoms with E-state index >= 15 is 0 Å². The molecule has 5 nitrogen and oxygen atoms in total. The van der Waals surface area contributed by atoms with E-state index < -0.39 is 0 Å². The second-order valence-electron chi connectivity index (χ2n) is 4.43. The quantitative estimate of drug-likeness (QED) is 0.289. The lowest BCUT2D eigenvalue weighted by Gasteiger charge is -2.22. The van der Waals surface area contributed by atoms with E-state index in [-0.39, 0.29) is 11.9 Å². The fraction of sp³-hybridized carbons (Fsp3) is 0.462. The van der Waals surface area contributed by atoms with Crippen LogP contribution in [0.4, 0.5) is 5.69 Å². The first-order valence-corrected chi connectivity index (χ1v) is 7.36. The number of rotatable bonds is 4. The van der Waals surface area contributed by atoms with Crippen LogP contribution in [0.1, 0.15) is 12.0 Å². The molecule has 1 heterocycles. The maximum atomic E-state index is 8.98. The zero-order chi connectivity index (χ0) is 13.8. The van der Waals surface area contributed by atoms with Gasteiger partial charge in [0.05, 0.1) is 11.7 Å². The Morgan fingerprint density at radius 3 is 2.95 bits per heavy atom. The SMILES string of the molecule is COC1CCN(c2cccc(SC)c2/C(N)=N/O)C1. The van der Waals surface area contributed by atoms with Gasteiger partial charge < -0.3 is 20.6 Å². The first-order valence-electron chi connectivity index (χ1n) is 6.14. The highest BCUT2D eigenvalue weighted by Gasteiger charge is 2.25. The van der Waals surface area contributed by atoms with Gasteiger partial charge in [-0.05, 0) is 24.8 Å². The van der Waals surface area contributed by atoms with Gasteiger partial charge in [0.15, 0.2) is 5.84 Å². The molecule has 2 rings (SSSR count). The van der Waals surface area contributed by atoms with E-state index in [4.69, 9.17) is 15.7 Å². The lowest BCUT2D eigenvalue weighted by atomic mass is 10.1. The highest BCUT2D eigenvalue weighted by Crippen LogP contribution is 2.31. The van der Waals surface area contributed by atoms with Gasteiger partial charge in [-0.3, -0.25) is 0 Å². The summed E-state index contributed by atoms with van der Waals surface area (Å²) in [6.45, 7) is 1.75. The first kappa shape index (κ1) is 14.0. The van der Waals surface area contributed by atoms with E-state index in [0.717, 1.165) is 35.7 Å². The Morgan fingerprint density at radius 2 is 2.37 bits per heavy atom. The fourth-order valence-electron chi connectivity index (χ4n) is 2.40. The first-order chi connectivity index (χ1) is 9.21. The van der Waals surface area contributed by atoms with Gasteiger partial charge in [-0.15, -0.1) is 11.8 Å². The molecule has 6 heteroatoms. The van der Waals surface area contributed by atoms with Crippen molar-refractivity contribution in [2.45, 2.75) is 17.4 Å². The van der Waals surface area contributed by atoms with Crippen LogP contribution in [0.25, 0.3) is 0 Å². The molecule has 1 saturated heterocycles. The summed E-state index contributed by atoms with van der Waals surface area (Å²) in [6.07, 6.45) is 3.23. The van der Waals surface area contributed by atoms with Crippen molar-refractivity contribution in [1.82, 2.24) is 0 Å². The number of nitrogens with two attached hydrogens (primary N) is 1. The number of nitrogens with zero attached hydrogens (tertiary/aromatic N) is 2. The minimum Gasteiger partial charge on any atom is -0.409 e. The molecule has 1 fully saturated rings. The van der Waals surface area contributed by atoms with Crippen molar-refractivity contribution >= 4 is 23.3 Å². The minimum absolute atomic E-state index is 0.154. The molecule has 1 aromatic carbocycles. The molecule has 1 aromatic rings. The third kappa shape index (κ3) is 2.79.